The third-order valence-electron chi connectivity index (χ3n) is 4.79. The number of fused-ring (bicyclic) bond motifs is 1. The van der Waals surface area contributed by atoms with Crippen molar-refractivity contribution in [3.05, 3.63) is 36.0 Å². The largest absolute Gasteiger partial charge is 0.332 e. The molecule has 0 radical (unpaired) electrons. The van der Waals surface area contributed by atoms with Gasteiger partial charge in [0.2, 0.25) is 0 Å². The van der Waals surface area contributed by atoms with Crippen LogP contribution in [0.2, 0.25) is 0 Å². The number of nitrogens with zero attached hydrogens (tertiary/aromatic N) is 3. The van der Waals surface area contributed by atoms with Crippen LogP contribution in [-0.2, 0) is 0 Å². The number of hydrogen-bond donors (Lipinski definition) is 1. The van der Waals surface area contributed by atoms with Gasteiger partial charge in [-0.1, -0.05) is 43.2 Å². The number of aromatic amines is 1. The average molecular weight is 328 g/mol. The van der Waals surface area contributed by atoms with Crippen LogP contribution in [0, 0.1) is 0 Å². The van der Waals surface area contributed by atoms with Crippen LogP contribution in [0.1, 0.15) is 36.2 Å². The van der Waals surface area contributed by atoms with Gasteiger partial charge < -0.3 is 4.90 Å². The van der Waals surface area contributed by atoms with Crippen molar-refractivity contribution >= 4 is 17.7 Å². The molecule has 1 saturated carbocycles. The molecule has 0 unspecified atom stereocenters. The topological polar surface area (TPSA) is 61.9 Å². The van der Waals surface area contributed by atoms with E-state index in [-0.39, 0.29) is 5.91 Å². The summed E-state index contributed by atoms with van der Waals surface area (Å²) in [5, 5.41) is 11.6. The van der Waals surface area contributed by atoms with Gasteiger partial charge in [0, 0.05) is 29.2 Å². The molecule has 2 aliphatic rings. The van der Waals surface area contributed by atoms with E-state index < -0.39 is 0 Å². The zero-order valence-electron chi connectivity index (χ0n) is 12.9. The quantitative estimate of drug-likeness (QED) is 0.920. The molecule has 2 aromatic rings. The molecule has 2 heterocycles. The minimum atomic E-state index is 0.0230. The van der Waals surface area contributed by atoms with Gasteiger partial charge in [0.1, 0.15) is 5.69 Å². The molecule has 23 heavy (non-hydrogen) atoms. The summed E-state index contributed by atoms with van der Waals surface area (Å²) in [4.78, 5) is 15.2. The maximum Gasteiger partial charge on any atom is 0.277 e. The second-order valence-electron chi connectivity index (χ2n) is 6.15. The summed E-state index contributed by atoms with van der Waals surface area (Å²) < 4.78 is 0. The SMILES string of the molecule is O=C(c1n[nH]nc1-c1ccccc1)N1CCS[C@@H]2CCCC[C@@H]21. The van der Waals surface area contributed by atoms with Gasteiger partial charge in [-0.25, -0.2) is 0 Å². The highest BCUT2D eigenvalue weighted by atomic mass is 32.2. The van der Waals surface area contributed by atoms with Gasteiger partial charge >= 0.3 is 0 Å². The fourth-order valence-electron chi connectivity index (χ4n) is 3.66. The Hall–Kier alpha value is -1.82. The van der Waals surface area contributed by atoms with E-state index in [0.717, 1.165) is 24.3 Å². The molecule has 4 rings (SSSR count). The molecule has 0 spiro atoms. The summed E-state index contributed by atoms with van der Waals surface area (Å²) in [5.74, 6) is 1.04. The Labute approximate surface area is 139 Å². The van der Waals surface area contributed by atoms with E-state index in [2.05, 4.69) is 15.4 Å². The number of thioether (sulfide) groups is 1. The van der Waals surface area contributed by atoms with E-state index >= 15 is 0 Å². The molecule has 120 valence electrons. The number of benzene rings is 1. The van der Waals surface area contributed by atoms with Gasteiger partial charge in [-0.05, 0) is 12.8 Å². The highest BCUT2D eigenvalue weighted by Gasteiger charge is 2.38. The second-order valence-corrected chi connectivity index (χ2v) is 7.49. The van der Waals surface area contributed by atoms with Crippen LogP contribution in [0.5, 0.6) is 0 Å². The summed E-state index contributed by atoms with van der Waals surface area (Å²) in [5.41, 5.74) is 2.03. The summed E-state index contributed by atoms with van der Waals surface area (Å²) in [6.07, 6.45) is 4.84. The first-order valence-electron chi connectivity index (χ1n) is 8.23. The van der Waals surface area contributed by atoms with Crippen molar-refractivity contribution in [1.29, 1.82) is 0 Å². The van der Waals surface area contributed by atoms with Gasteiger partial charge in [-0.3, -0.25) is 4.79 Å². The number of nitrogens with one attached hydrogen (secondary N) is 1. The second kappa shape index (κ2) is 6.35. The van der Waals surface area contributed by atoms with Crippen LogP contribution in [-0.4, -0.2) is 49.8 Å². The van der Waals surface area contributed by atoms with Gasteiger partial charge in [0.15, 0.2) is 5.69 Å². The Bertz CT molecular complexity index is 685. The predicted molar refractivity (Wildman–Crippen MR) is 91.4 cm³/mol. The van der Waals surface area contributed by atoms with Crippen molar-refractivity contribution in [3.8, 4) is 11.3 Å². The molecule has 2 atom stereocenters. The molecular weight excluding hydrogens is 308 g/mol. The van der Waals surface area contributed by atoms with Gasteiger partial charge in [0.05, 0.1) is 0 Å². The molecule has 1 aromatic carbocycles. The predicted octanol–water partition coefficient (Wildman–Crippen LogP) is 2.97. The number of aromatic nitrogens is 3. The molecule has 1 aliphatic carbocycles. The summed E-state index contributed by atoms with van der Waals surface area (Å²) in [7, 11) is 0. The summed E-state index contributed by atoms with van der Waals surface area (Å²) in [6.45, 7) is 0.811. The molecule has 5 nitrogen and oxygen atoms in total. The number of H-pyrrole nitrogens is 1. The lowest BCUT2D eigenvalue weighted by molar-refractivity contribution is 0.0641. The van der Waals surface area contributed by atoms with Crippen molar-refractivity contribution in [2.75, 3.05) is 12.3 Å². The van der Waals surface area contributed by atoms with Gasteiger partial charge in [-0.15, -0.1) is 0 Å². The lowest BCUT2D eigenvalue weighted by atomic mass is 9.93. The third-order valence-corrected chi connectivity index (χ3v) is 6.19. The first kappa shape index (κ1) is 14.8. The zero-order valence-corrected chi connectivity index (χ0v) is 13.8. The summed E-state index contributed by atoms with van der Waals surface area (Å²) >= 11 is 2.03. The number of carbonyl (C=O) groups is 1. The van der Waals surface area contributed by atoms with Crippen molar-refractivity contribution in [1.82, 2.24) is 20.3 Å². The van der Waals surface area contributed by atoms with E-state index in [0.29, 0.717) is 22.7 Å². The van der Waals surface area contributed by atoms with Crippen molar-refractivity contribution < 1.29 is 4.79 Å². The van der Waals surface area contributed by atoms with Gasteiger partial charge in [-0.2, -0.15) is 27.2 Å². The van der Waals surface area contributed by atoms with Crippen molar-refractivity contribution in [2.24, 2.45) is 0 Å². The maximum atomic E-state index is 13.1. The lowest BCUT2D eigenvalue weighted by Crippen LogP contribution is -2.51. The zero-order chi connectivity index (χ0) is 15.6. The lowest BCUT2D eigenvalue weighted by Gasteiger charge is -2.43. The number of carbonyl (C=O) groups excluding carboxylic acids is 1. The molecule has 1 N–H and O–H groups in total. The van der Waals surface area contributed by atoms with Crippen LogP contribution in [0.15, 0.2) is 30.3 Å². The molecule has 1 aliphatic heterocycles. The normalized spacial score (nSPS) is 24.3. The Morgan fingerprint density at radius 1 is 1.17 bits per heavy atom. The van der Waals surface area contributed by atoms with E-state index in [1.807, 2.05) is 47.0 Å². The third kappa shape index (κ3) is 2.76. The highest BCUT2D eigenvalue weighted by molar-refractivity contribution is 8.00. The Balaban J connectivity index is 1.63. The Morgan fingerprint density at radius 3 is 2.87 bits per heavy atom. The monoisotopic (exact) mass is 328 g/mol. The van der Waals surface area contributed by atoms with Crippen LogP contribution < -0.4 is 0 Å². The van der Waals surface area contributed by atoms with E-state index in [1.54, 1.807) is 0 Å². The smallest absolute Gasteiger partial charge is 0.277 e. The number of hydrogen-bond acceptors (Lipinski definition) is 4. The first-order valence-corrected chi connectivity index (χ1v) is 9.28. The van der Waals surface area contributed by atoms with Gasteiger partial charge in [0.25, 0.3) is 5.91 Å². The molecule has 1 aromatic heterocycles. The van der Waals surface area contributed by atoms with E-state index in [1.165, 1.54) is 19.3 Å². The van der Waals surface area contributed by atoms with Crippen LogP contribution >= 0.6 is 11.8 Å². The molecule has 6 heteroatoms. The first-order chi connectivity index (χ1) is 11.3. The fraction of sp³-hybridized carbons (Fsp3) is 0.471. The summed E-state index contributed by atoms with van der Waals surface area (Å²) in [6, 6.07) is 10.1. The highest BCUT2D eigenvalue weighted by Crippen LogP contribution is 2.36. The fourth-order valence-corrected chi connectivity index (χ4v) is 5.11. The molecule has 2 fully saturated rings. The number of rotatable bonds is 2. The molecule has 0 bridgehead atoms. The van der Waals surface area contributed by atoms with Crippen LogP contribution in [0.4, 0.5) is 0 Å². The maximum absolute atomic E-state index is 13.1. The standard InChI is InChI=1S/C17H20N4OS/c22-17(21-10-11-23-14-9-5-4-8-13(14)21)16-15(18-20-19-16)12-6-2-1-3-7-12/h1-3,6-7,13-14H,4-5,8-11H2,(H,18,19,20)/t13-,14+/m0/s1. The minimum Gasteiger partial charge on any atom is -0.332 e. The Kier molecular flexibility index (Phi) is 4.08. The Morgan fingerprint density at radius 2 is 2.00 bits per heavy atom. The minimum absolute atomic E-state index is 0.0230. The van der Waals surface area contributed by atoms with Crippen molar-refractivity contribution in [3.63, 3.8) is 0 Å². The van der Waals surface area contributed by atoms with Crippen LogP contribution in [0.3, 0.4) is 0 Å². The molecular formula is C17H20N4OS. The molecule has 1 saturated heterocycles. The van der Waals surface area contributed by atoms with E-state index in [4.69, 9.17) is 0 Å². The average Bonchev–Trinajstić information content (AvgIpc) is 3.11. The number of amides is 1. The molecule has 1 amide bonds. The van der Waals surface area contributed by atoms with E-state index in [9.17, 15) is 4.79 Å². The van der Waals surface area contributed by atoms with Crippen molar-refractivity contribution in [2.45, 2.75) is 37.0 Å². The van der Waals surface area contributed by atoms with Crippen LogP contribution in [0.25, 0.3) is 11.3 Å².